The smallest absolute Gasteiger partial charge is 0.410 e. The van der Waals surface area contributed by atoms with Crippen molar-refractivity contribution in [2.24, 2.45) is 0 Å². The Labute approximate surface area is 841 Å². The van der Waals surface area contributed by atoms with E-state index in [1.165, 1.54) is 62.2 Å². The number of amides is 5. The normalized spacial score (nSPS) is 10.8. The summed E-state index contributed by atoms with van der Waals surface area (Å²) >= 11 is 17.0. The highest BCUT2D eigenvalue weighted by Gasteiger charge is 2.29. The van der Waals surface area contributed by atoms with Crippen LogP contribution >= 0.6 is 92.9 Å². The number of nitrogens with two attached hydrogens (primary N) is 2. The average molecular weight is 1980 g/mol. The molecule has 138 heavy (non-hydrogen) atoms. The molecule has 11 heterocycles. The largest absolute Gasteiger partial charge is 0.444 e. The lowest BCUT2D eigenvalue weighted by Gasteiger charge is -2.26. The van der Waals surface area contributed by atoms with Gasteiger partial charge in [-0.3, -0.25) is 30.3 Å². The van der Waals surface area contributed by atoms with Crippen molar-refractivity contribution in [3.05, 3.63) is 163 Å². The van der Waals surface area contributed by atoms with Gasteiger partial charge in [0.1, 0.15) is 62.2 Å². The highest BCUT2D eigenvalue weighted by atomic mass is 35.5. The van der Waals surface area contributed by atoms with Crippen molar-refractivity contribution in [3.8, 4) is 217 Å². The molecule has 3 aromatic carbocycles. The number of carbonyl (C=O) groups excluding carboxylic acids is 5. The fourth-order valence-corrected chi connectivity index (χ4v) is 16.0. The number of fused-ring (bicyclic) bond motifs is 5. The Balaban J connectivity index is 0.000000258. The zero-order valence-corrected chi connectivity index (χ0v) is 83.5. The second-order valence-electron chi connectivity index (χ2n) is 29.4. The van der Waals surface area contributed by atoms with Crippen LogP contribution in [0, 0.1) is 195 Å². The summed E-state index contributed by atoms with van der Waals surface area (Å²) in [5, 5.41) is 50.2. The molecular formula is C105H90Cl2N18O7S6. The predicted molar refractivity (Wildman–Crippen MR) is 562 cm³/mol. The van der Waals surface area contributed by atoms with E-state index < -0.39 is 11.2 Å². The number of pyridine rings is 3. The van der Waals surface area contributed by atoms with Gasteiger partial charge in [0.25, 0.3) is 11.8 Å². The minimum Gasteiger partial charge on any atom is -0.444 e. The topological polar surface area (TPSA) is 353 Å². The maximum atomic E-state index is 13.0. The van der Waals surface area contributed by atoms with Gasteiger partial charge in [0.15, 0.2) is 0 Å². The third kappa shape index (κ3) is 37.8. The van der Waals surface area contributed by atoms with E-state index in [-0.39, 0.29) is 48.2 Å². The van der Waals surface area contributed by atoms with Gasteiger partial charge >= 0.3 is 12.2 Å². The van der Waals surface area contributed by atoms with E-state index in [2.05, 4.69) is 235 Å². The number of benzene rings is 3. The van der Waals surface area contributed by atoms with Crippen LogP contribution in [0.15, 0.2) is 109 Å². The van der Waals surface area contributed by atoms with Gasteiger partial charge in [-0.15, -0.1) is 102 Å². The molecule has 0 radical (unpaired) electrons. The number of nitrogens with zero attached hydrogens (tertiary/aromatic N) is 11. The predicted octanol–water partition coefficient (Wildman–Crippen LogP) is 17.1. The molecule has 0 atom stereocenters. The fourth-order valence-electron chi connectivity index (χ4n) is 11.5. The van der Waals surface area contributed by atoms with Crippen molar-refractivity contribution in [1.29, 1.82) is 5.26 Å². The van der Waals surface area contributed by atoms with Crippen molar-refractivity contribution in [3.63, 3.8) is 0 Å². The molecule has 3 aliphatic rings. The number of terminal acetylenes is 3. The molecule has 0 bridgehead atoms. The summed E-state index contributed by atoms with van der Waals surface area (Å²) in [5.41, 5.74) is 22.2. The second kappa shape index (κ2) is 59.5. The minimum absolute atomic E-state index is 0. The highest BCUT2D eigenvalue weighted by Crippen LogP contribution is 2.38. The number of nitriles is 1. The number of ether oxygens (including phenoxy) is 2. The van der Waals surface area contributed by atoms with Gasteiger partial charge in [-0.25, -0.2) is 19.6 Å². The number of aromatic amines is 1. The van der Waals surface area contributed by atoms with Crippen LogP contribution in [-0.2, 0) is 52.8 Å². The molecule has 14 rings (SSSR count). The SMILES string of the molecule is C#CC.C#CC#CC#CC#CC.C#CC#CC#CC#CC#CC.CC#CC#CC#CC#CC#CC.CC(C)(C)OC(=O)N1CCc2cc(C#N)c(=S)[nH]c2CC1.CC(C)(C)OC(=O)N1CCc2cc3c(N)c(C(=O)Nc4nnc(-c5ccccc5)s4)sc3nc2CC1.Cl.Nc1c(C(=O)Nc2nnc(-c3ccccc3)s2)sc2nc3c(cc12)CCNCC3.O=C(CCl)Nc1nnc(-c2ccccc2)s1. The monoisotopic (exact) mass is 1980 g/mol. The Morgan fingerprint density at radius 3 is 1.18 bits per heavy atom. The molecule has 33 heteroatoms. The molecule has 0 saturated carbocycles. The molecule has 0 fully saturated rings. The molecule has 0 unspecified atom stereocenters. The lowest BCUT2D eigenvalue weighted by Crippen LogP contribution is -2.38. The van der Waals surface area contributed by atoms with E-state index >= 15 is 0 Å². The van der Waals surface area contributed by atoms with Gasteiger partial charge < -0.3 is 41.0 Å². The number of nitrogens with one attached hydrogen (secondary N) is 5. The van der Waals surface area contributed by atoms with Crippen LogP contribution in [0.2, 0.25) is 0 Å². The summed E-state index contributed by atoms with van der Waals surface area (Å²) in [6, 6.07) is 37.1. The zero-order chi connectivity index (χ0) is 99.3. The fraction of sp³-hybridized carbons (Fsp3) is 0.248. The number of halogens is 2. The van der Waals surface area contributed by atoms with Crippen LogP contribution < -0.4 is 32.7 Å². The van der Waals surface area contributed by atoms with Crippen LogP contribution in [0.4, 0.5) is 36.4 Å². The van der Waals surface area contributed by atoms with Crippen LogP contribution in [0.25, 0.3) is 52.1 Å². The van der Waals surface area contributed by atoms with Crippen LogP contribution in [0.1, 0.15) is 135 Å². The molecular weight excluding hydrogens is 1890 g/mol. The molecule has 9 N–H and O–H groups in total. The molecule has 692 valence electrons. The van der Waals surface area contributed by atoms with Gasteiger partial charge in [-0.1, -0.05) is 161 Å². The molecule has 8 aromatic heterocycles. The van der Waals surface area contributed by atoms with E-state index in [4.69, 9.17) is 72.8 Å². The van der Waals surface area contributed by atoms with Crippen LogP contribution in [-0.4, -0.2) is 142 Å². The van der Waals surface area contributed by atoms with Crippen molar-refractivity contribution >= 4 is 170 Å². The number of H-pyrrole nitrogens is 1. The first-order chi connectivity index (χ1) is 66.1. The standard InChI is InChI=1S/C25H26N6O3S2.C20H18N6OS2.C15H19N3O2S.C12H6.C11H4.C10H8ClN3OS.C9H4.C3H4.ClH/c1-25(2,3)34-24(33)31-11-9-15-13-16-18(26)19(35-22(16)27-17(15)10-12-31)20(32)28-23-30-29-21(36-23)14-7-5-4-6-8-14;21-15-13-10-12-6-8-22-9-7-14(12)23-19(13)28-16(15)17(27)24-20-26-25-18(29-20)11-4-2-1-3-5-11;1-15(2,3)20-14(19)18-6-4-10-8-11(9-16)13(21)17-12(10)5-7-18;1-3-5-7-9-11-12-10-8-6-4-2;1-3-5-7-9-11-10-8-6-4-2;11-6-8(15)12-10-14-13-9(16-10)7-4-2-1-3-5-7;1-3-5-7-9-8-6-4-2;1-3-2;/h4-8,13H,9-12,26H2,1-3H3,(H,28,30,32);1-5,10,22H,6-9,21H2,(H,24,26,27);8H,4-7H2,1-3H3,(H,17,21);1-2H3;1H,2H3;1-5H,6H2,(H,12,14,15);1H,2H3;1H,2H3;1H. The maximum absolute atomic E-state index is 13.0. The van der Waals surface area contributed by atoms with E-state index in [0.717, 1.165) is 101 Å². The molecule has 5 amide bonds. The Morgan fingerprint density at radius 2 is 0.812 bits per heavy atom. The van der Waals surface area contributed by atoms with Gasteiger partial charge in [-0.2, -0.15) is 5.26 Å². The molecule has 25 nitrogen and oxygen atoms in total. The van der Waals surface area contributed by atoms with Crippen LogP contribution in [0.3, 0.4) is 0 Å². The summed E-state index contributed by atoms with van der Waals surface area (Å²) in [6.45, 7) is 23.7. The third-order valence-corrected chi connectivity index (χ3v) is 22.8. The van der Waals surface area contributed by atoms with Crippen LogP contribution in [0.5, 0.6) is 0 Å². The van der Waals surface area contributed by atoms with Crippen molar-refractivity contribution < 1.29 is 33.4 Å². The Bertz CT molecular complexity index is 7260. The first-order valence-electron chi connectivity index (χ1n) is 41.5. The maximum Gasteiger partial charge on any atom is 0.410 e. The van der Waals surface area contributed by atoms with E-state index in [1.54, 1.807) is 44.4 Å². The van der Waals surface area contributed by atoms with E-state index in [1.807, 2.05) is 145 Å². The van der Waals surface area contributed by atoms with E-state index in [9.17, 15) is 24.0 Å². The number of anilines is 5. The van der Waals surface area contributed by atoms with E-state index in [0.29, 0.717) is 103 Å². The number of nitrogen functional groups attached to an aromatic ring is 2. The molecule has 0 aliphatic carbocycles. The lowest BCUT2D eigenvalue weighted by atomic mass is 10.1. The van der Waals surface area contributed by atoms with Crippen molar-refractivity contribution in [2.75, 3.05) is 72.6 Å². The number of alkyl halides is 1. The summed E-state index contributed by atoms with van der Waals surface area (Å²) < 4.78 is 11.4. The molecule has 0 saturated heterocycles. The number of hydrogen-bond donors (Lipinski definition) is 7. The summed E-state index contributed by atoms with van der Waals surface area (Å²) in [7, 11) is 0. The number of rotatable bonds is 9. The number of carbonyl (C=O) groups is 5. The summed E-state index contributed by atoms with van der Waals surface area (Å²) in [6.07, 6.45) is 18.1. The third-order valence-electron chi connectivity index (χ3n) is 17.3. The lowest BCUT2D eigenvalue weighted by molar-refractivity contribution is -0.114. The zero-order valence-electron chi connectivity index (χ0n) is 77.0. The minimum atomic E-state index is -0.541. The van der Waals surface area contributed by atoms with Gasteiger partial charge in [-0.05, 0) is 267 Å². The quantitative estimate of drug-likeness (QED) is 0.0401. The van der Waals surface area contributed by atoms with Crippen molar-refractivity contribution in [1.82, 2.24) is 60.7 Å². The number of thiophene rings is 2. The van der Waals surface area contributed by atoms with Gasteiger partial charge in [0.2, 0.25) is 21.3 Å². The highest BCUT2D eigenvalue weighted by molar-refractivity contribution is 7.71. The Kier molecular flexibility index (Phi) is 47.7. The first-order valence-corrected chi connectivity index (χ1v) is 46.5. The number of hydrogen-bond acceptors (Lipinski definition) is 25. The molecule has 3 aliphatic heterocycles. The first kappa shape index (κ1) is 111. The van der Waals surface area contributed by atoms with Gasteiger partial charge in [0.05, 0.1) is 16.9 Å². The van der Waals surface area contributed by atoms with Crippen molar-refractivity contribution in [2.45, 2.75) is 126 Å². The molecule has 0 spiro atoms. The number of aromatic nitrogens is 9. The molecule has 11 aromatic rings. The summed E-state index contributed by atoms with van der Waals surface area (Å²) in [4.78, 5) is 80.0. The Hall–Kier alpha value is -16.1. The summed E-state index contributed by atoms with van der Waals surface area (Å²) in [5.74, 6) is 65.8. The second-order valence-corrected chi connectivity index (χ2v) is 35.0. The average Bonchev–Trinajstić information content (AvgIpc) is 1.63. The Morgan fingerprint density at radius 1 is 0.471 bits per heavy atom. The van der Waals surface area contributed by atoms with Gasteiger partial charge in [0, 0.05) is 96.5 Å².